The molecule has 1 aliphatic rings. The van der Waals surface area contributed by atoms with Crippen molar-refractivity contribution < 1.29 is 19.1 Å². The number of amides is 3. The molecule has 3 aromatic carbocycles. The molecule has 4 rings (SSSR count). The van der Waals surface area contributed by atoms with E-state index in [0.29, 0.717) is 38.2 Å². The third kappa shape index (κ3) is 7.59. The zero-order chi connectivity index (χ0) is 30.3. The van der Waals surface area contributed by atoms with E-state index in [0.717, 1.165) is 0 Å². The van der Waals surface area contributed by atoms with Gasteiger partial charge in [-0.3, -0.25) is 14.9 Å². The molecule has 3 amide bonds. The van der Waals surface area contributed by atoms with Crippen LogP contribution in [0.25, 0.3) is 0 Å². The van der Waals surface area contributed by atoms with Crippen molar-refractivity contribution in [2.75, 3.05) is 16.0 Å². The summed E-state index contributed by atoms with van der Waals surface area (Å²) in [4.78, 5) is 38.3. The van der Waals surface area contributed by atoms with Crippen LogP contribution in [0, 0.1) is 12.8 Å². The van der Waals surface area contributed by atoms with Crippen LogP contribution in [-0.2, 0) is 9.53 Å². The highest BCUT2D eigenvalue weighted by Crippen LogP contribution is 2.65. The van der Waals surface area contributed by atoms with E-state index in [1.165, 1.54) is 12.1 Å². The van der Waals surface area contributed by atoms with Gasteiger partial charge in [0, 0.05) is 33.0 Å². The molecule has 7 nitrogen and oxygen atoms in total. The van der Waals surface area contributed by atoms with Crippen molar-refractivity contribution in [3.05, 3.63) is 86.4 Å². The molecule has 41 heavy (non-hydrogen) atoms. The lowest BCUT2D eigenvalue weighted by molar-refractivity contribution is -0.117. The molecule has 0 spiro atoms. The summed E-state index contributed by atoms with van der Waals surface area (Å²) in [6.07, 6.45) is -0.589. The summed E-state index contributed by atoms with van der Waals surface area (Å²) in [6.45, 7) is 7.08. The first-order chi connectivity index (χ1) is 19.0. The number of ether oxygens (including phenoxy) is 1. The first-order valence-corrected chi connectivity index (χ1v) is 14.3. The van der Waals surface area contributed by atoms with E-state index in [1.807, 2.05) is 0 Å². The molecule has 0 saturated heterocycles. The second-order valence-corrected chi connectivity index (χ2v) is 13.4. The van der Waals surface area contributed by atoms with Crippen LogP contribution < -0.4 is 16.0 Å². The van der Waals surface area contributed by atoms with Crippen LogP contribution in [0.15, 0.2) is 54.6 Å². The highest BCUT2D eigenvalue weighted by atomic mass is 35.5. The Kier molecular flexibility index (Phi) is 9.07. The number of alkyl halides is 2. The van der Waals surface area contributed by atoms with E-state index in [1.54, 1.807) is 70.2 Å². The standard InChI is InChI=1S/C29H26Cl5N3O4/c1-14-9-18(36-27(40)41-28(2,3)4)6-8-22(14)37-25(38)20-13-19(5-7-21(20)32)35-26(39)24-23(29(24,33)34)15-10-16(30)12-17(31)11-15/h5-13,23-24H,1-4H3,(H,35,39)(H,36,40)(H,37,38)/t23-,24+/m0/s1. The smallest absolute Gasteiger partial charge is 0.412 e. The second-order valence-electron chi connectivity index (χ2n) is 10.6. The fourth-order valence-corrected chi connectivity index (χ4v) is 5.89. The van der Waals surface area contributed by atoms with E-state index in [-0.39, 0.29) is 10.6 Å². The van der Waals surface area contributed by atoms with Gasteiger partial charge >= 0.3 is 6.09 Å². The number of carbonyl (C=O) groups excluding carboxylic acids is 3. The average molecular weight is 658 g/mol. The minimum atomic E-state index is -1.35. The van der Waals surface area contributed by atoms with Crippen LogP contribution in [0.2, 0.25) is 15.1 Å². The second kappa shape index (κ2) is 11.9. The fourth-order valence-electron chi connectivity index (χ4n) is 4.31. The molecule has 0 radical (unpaired) electrons. The van der Waals surface area contributed by atoms with Crippen molar-refractivity contribution in [2.24, 2.45) is 5.92 Å². The van der Waals surface area contributed by atoms with Gasteiger partial charge in [0.2, 0.25) is 5.91 Å². The minimum Gasteiger partial charge on any atom is -0.444 e. The summed E-state index contributed by atoms with van der Waals surface area (Å²) in [5.74, 6) is -2.23. The summed E-state index contributed by atoms with van der Waals surface area (Å²) < 4.78 is 3.91. The molecular formula is C29H26Cl5N3O4. The van der Waals surface area contributed by atoms with Crippen molar-refractivity contribution >= 4 is 93.0 Å². The van der Waals surface area contributed by atoms with Crippen molar-refractivity contribution in [3.63, 3.8) is 0 Å². The van der Waals surface area contributed by atoms with Crippen LogP contribution in [0.3, 0.4) is 0 Å². The number of hydrogen-bond acceptors (Lipinski definition) is 4. The lowest BCUT2D eigenvalue weighted by Gasteiger charge is -2.20. The summed E-state index contributed by atoms with van der Waals surface area (Å²) in [7, 11) is 0. The maximum absolute atomic E-state index is 13.1. The number of halogens is 5. The molecule has 1 saturated carbocycles. The van der Waals surface area contributed by atoms with Crippen LogP contribution in [0.4, 0.5) is 21.9 Å². The summed E-state index contributed by atoms with van der Waals surface area (Å²) in [5, 5.41) is 9.22. The molecule has 0 bridgehead atoms. The molecule has 3 aromatic rings. The monoisotopic (exact) mass is 655 g/mol. The zero-order valence-electron chi connectivity index (χ0n) is 22.4. The number of benzene rings is 3. The highest BCUT2D eigenvalue weighted by Gasteiger charge is 2.67. The Morgan fingerprint density at radius 2 is 1.44 bits per heavy atom. The largest absolute Gasteiger partial charge is 0.444 e. The number of hydrogen-bond donors (Lipinski definition) is 3. The quantitative estimate of drug-likeness (QED) is 0.231. The van der Waals surface area contributed by atoms with Crippen molar-refractivity contribution in [1.82, 2.24) is 0 Å². The lowest BCUT2D eigenvalue weighted by atomic mass is 10.1. The first-order valence-electron chi connectivity index (χ1n) is 12.4. The van der Waals surface area contributed by atoms with E-state index in [9.17, 15) is 14.4 Å². The summed E-state index contributed by atoms with van der Waals surface area (Å²) in [6, 6.07) is 14.4. The number of nitrogens with one attached hydrogen (secondary N) is 3. The average Bonchev–Trinajstić information content (AvgIpc) is 3.42. The summed E-state index contributed by atoms with van der Waals surface area (Å²) in [5.41, 5.74) is 2.17. The Hall–Kier alpha value is -2.68. The van der Waals surface area contributed by atoms with Gasteiger partial charge in [-0.05, 0) is 93.4 Å². The minimum absolute atomic E-state index is 0.136. The molecule has 3 N–H and O–H groups in total. The van der Waals surface area contributed by atoms with Crippen molar-refractivity contribution in [1.29, 1.82) is 0 Å². The third-order valence-corrected chi connectivity index (χ3v) is 7.88. The van der Waals surface area contributed by atoms with E-state index < -0.39 is 39.7 Å². The Morgan fingerprint density at radius 3 is 2.05 bits per heavy atom. The highest BCUT2D eigenvalue weighted by molar-refractivity contribution is 6.53. The van der Waals surface area contributed by atoms with Gasteiger partial charge in [-0.15, -0.1) is 23.2 Å². The SMILES string of the molecule is Cc1cc(NC(=O)OC(C)(C)C)ccc1NC(=O)c1cc(NC(=O)[C@H]2[C@H](c3cc(Cl)cc(Cl)c3)C2(Cl)Cl)ccc1Cl. The van der Waals surface area contributed by atoms with Crippen LogP contribution in [0.5, 0.6) is 0 Å². The first kappa shape index (κ1) is 31.3. The predicted octanol–water partition coefficient (Wildman–Crippen LogP) is 9.08. The number of anilines is 3. The van der Waals surface area contributed by atoms with Gasteiger partial charge in [-0.25, -0.2) is 4.79 Å². The maximum Gasteiger partial charge on any atom is 0.412 e. The molecule has 0 unspecified atom stereocenters. The van der Waals surface area contributed by atoms with Gasteiger partial charge < -0.3 is 15.4 Å². The van der Waals surface area contributed by atoms with Gasteiger partial charge in [0.15, 0.2) is 0 Å². The molecule has 1 fully saturated rings. The molecule has 2 atom stereocenters. The number of rotatable bonds is 6. The molecule has 0 heterocycles. The van der Waals surface area contributed by atoms with Gasteiger partial charge in [0.05, 0.1) is 16.5 Å². The molecule has 0 aliphatic heterocycles. The Balaban J connectivity index is 1.45. The Morgan fingerprint density at radius 1 is 0.829 bits per heavy atom. The third-order valence-electron chi connectivity index (χ3n) is 6.18. The normalized spacial score (nSPS) is 17.4. The molecule has 0 aromatic heterocycles. The lowest BCUT2D eigenvalue weighted by Crippen LogP contribution is -2.27. The molecular weight excluding hydrogens is 632 g/mol. The van der Waals surface area contributed by atoms with Gasteiger partial charge in [-0.1, -0.05) is 34.8 Å². The number of carbonyl (C=O) groups is 3. The molecule has 12 heteroatoms. The van der Waals surface area contributed by atoms with Crippen LogP contribution in [-0.4, -0.2) is 27.8 Å². The van der Waals surface area contributed by atoms with Crippen LogP contribution >= 0.6 is 58.0 Å². The number of aryl methyl sites for hydroxylation is 1. The van der Waals surface area contributed by atoms with E-state index in [4.69, 9.17) is 62.7 Å². The Bertz CT molecular complexity index is 1520. The van der Waals surface area contributed by atoms with Gasteiger partial charge in [-0.2, -0.15) is 0 Å². The molecule has 1 aliphatic carbocycles. The van der Waals surface area contributed by atoms with Crippen LogP contribution in [0.1, 0.15) is 48.2 Å². The fraction of sp³-hybridized carbons (Fsp3) is 0.276. The van der Waals surface area contributed by atoms with Gasteiger partial charge in [0.1, 0.15) is 9.93 Å². The zero-order valence-corrected chi connectivity index (χ0v) is 26.2. The summed E-state index contributed by atoms with van der Waals surface area (Å²) >= 11 is 31.4. The predicted molar refractivity (Wildman–Crippen MR) is 166 cm³/mol. The van der Waals surface area contributed by atoms with Crippen molar-refractivity contribution in [3.8, 4) is 0 Å². The topological polar surface area (TPSA) is 96.5 Å². The Labute approximate surface area is 262 Å². The van der Waals surface area contributed by atoms with E-state index >= 15 is 0 Å². The van der Waals surface area contributed by atoms with E-state index in [2.05, 4.69) is 16.0 Å². The molecule has 216 valence electrons. The van der Waals surface area contributed by atoms with Crippen molar-refractivity contribution in [2.45, 2.75) is 43.5 Å². The van der Waals surface area contributed by atoms with Gasteiger partial charge in [0.25, 0.3) is 5.91 Å². The maximum atomic E-state index is 13.1.